The highest BCUT2D eigenvalue weighted by atomic mass is 32.2. The van der Waals surface area contributed by atoms with E-state index in [4.69, 9.17) is 5.14 Å². The molecule has 0 aliphatic rings. The Hall–Kier alpha value is -2.30. The average Bonchev–Trinajstić information content (AvgIpc) is 2.94. The van der Waals surface area contributed by atoms with Gasteiger partial charge in [0.25, 0.3) is 5.91 Å². The summed E-state index contributed by atoms with van der Waals surface area (Å²) in [6, 6.07) is 7.02. The lowest BCUT2D eigenvalue weighted by Crippen LogP contribution is -2.22. The molecule has 1 amide bonds. The molecule has 1 heterocycles. The van der Waals surface area contributed by atoms with E-state index < -0.39 is 20.9 Å². The average molecular weight is 341 g/mol. The summed E-state index contributed by atoms with van der Waals surface area (Å²) in [4.78, 5) is 21.8. The molecule has 1 aromatic heterocycles. The Kier molecular flexibility index (Phi) is 4.54. The van der Waals surface area contributed by atoms with Crippen LogP contribution in [-0.2, 0) is 16.6 Å². The van der Waals surface area contributed by atoms with E-state index in [0.29, 0.717) is 5.56 Å². The molecular weight excluding hydrogens is 330 g/mol. The maximum atomic E-state index is 11.9. The minimum atomic E-state index is -3.81. The molecular formula is C12H11N3O5S2. The fraction of sp³-hybridized carbons (Fsp3) is 0.0833. The largest absolute Gasteiger partial charge is 0.348 e. The third kappa shape index (κ3) is 3.87. The third-order valence-electron chi connectivity index (χ3n) is 2.71. The molecule has 2 rings (SSSR count). The molecule has 3 N–H and O–H groups in total. The molecule has 0 atom stereocenters. The highest BCUT2D eigenvalue weighted by Crippen LogP contribution is 2.22. The van der Waals surface area contributed by atoms with Crippen LogP contribution >= 0.6 is 11.3 Å². The van der Waals surface area contributed by atoms with Gasteiger partial charge in [0.2, 0.25) is 10.0 Å². The molecule has 0 radical (unpaired) electrons. The number of amides is 1. The van der Waals surface area contributed by atoms with Gasteiger partial charge < -0.3 is 5.32 Å². The van der Waals surface area contributed by atoms with Gasteiger partial charge in [-0.1, -0.05) is 23.5 Å². The summed E-state index contributed by atoms with van der Waals surface area (Å²) in [5.41, 5.74) is 0.726. The van der Waals surface area contributed by atoms with Crippen molar-refractivity contribution < 1.29 is 18.1 Å². The van der Waals surface area contributed by atoms with Crippen LogP contribution in [0.5, 0.6) is 0 Å². The maximum Gasteiger partial charge on any atom is 0.324 e. The third-order valence-corrected chi connectivity index (χ3v) is 4.50. The SMILES string of the molecule is NS(=O)(=O)c1cccc(CNC(=O)c2csc([N+](=O)[O-])c2)c1. The Labute approximate surface area is 129 Å². The van der Waals surface area contributed by atoms with Crippen LogP contribution in [-0.4, -0.2) is 19.2 Å². The van der Waals surface area contributed by atoms with Crippen molar-refractivity contribution in [3.63, 3.8) is 0 Å². The lowest BCUT2D eigenvalue weighted by Gasteiger charge is -2.05. The van der Waals surface area contributed by atoms with E-state index in [0.717, 1.165) is 11.3 Å². The Morgan fingerprint density at radius 3 is 2.68 bits per heavy atom. The first-order chi connectivity index (χ1) is 10.3. The van der Waals surface area contributed by atoms with E-state index >= 15 is 0 Å². The second-order valence-corrected chi connectivity index (χ2v) is 6.76. The molecule has 0 spiro atoms. The summed E-state index contributed by atoms with van der Waals surface area (Å²) in [5.74, 6) is -0.481. The molecule has 116 valence electrons. The van der Waals surface area contributed by atoms with Gasteiger partial charge in [-0.2, -0.15) is 0 Å². The highest BCUT2D eigenvalue weighted by Gasteiger charge is 2.15. The number of hydrogen-bond acceptors (Lipinski definition) is 6. The molecule has 0 aliphatic carbocycles. The maximum absolute atomic E-state index is 11.9. The highest BCUT2D eigenvalue weighted by molar-refractivity contribution is 7.89. The minimum absolute atomic E-state index is 0.0505. The van der Waals surface area contributed by atoms with E-state index in [-0.39, 0.29) is 22.0 Å². The number of carbonyl (C=O) groups excluding carboxylic acids is 1. The van der Waals surface area contributed by atoms with Crippen molar-refractivity contribution in [1.29, 1.82) is 0 Å². The zero-order valence-corrected chi connectivity index (χ0v) is 12.7. The van der Waals surface area contributed by atoms with Crippen LogP contribution in [0.15, 0.2) is 40.6 Å². The van der Waals surface area contributed by atoms with Crippen LogP contribution in [0, 0.1) is 10.1 Å². The van der Waals surface area contributed by atoms with Gasteiger partial charge in [0, 0.05) is 18.0 Å². The van der Waals surface area contributed by atoms with Crippen molar-refractivity contribution in [3.8, 4) is 0 Å². The number of thiophene rings is 1. The van der Waals surface area contributed by atoms with E-state index in [1.807, 2.05) is 0 Å². The van der Waals surface area contributed by atoms with Gasteiger partial charge in [0.15, 0.2) is 0 Å². The number of nitrogens with two attached hydrogens (primary N) is 1. The summed E-state index contributed by atoms with van der Waals surface area (Å²) in [7, 11) is -3.81. The van der Waals surface area contributed by atoms with Gasteiger partial charge in [-0.15, -0.1) is 0 Å². The number of nitrogens with zero attached hydrogens (tertiary/aromatic N) is 1. The van der Waals surface area contributed by atoms with Crippen molar-refractivity contribution in [1.82, 2.24) is 5.32 Å². The van der Waals surface area contributed by atoms with Gasteiger partial charge in [0.05, 0.1) is 15.4 Å². The van der Waals surface area contributed by atoms with E-state index in [9.17, 15) is 23.3 Å². The van der Waals surface area contributed by atoms with Crippen molar-refractivity contribution in [2.75, 3.05) is 0 Å². The van der Waals surface area contributed by atoms with Crippen LogP contribution in [0.1, 0.15) is 15.9 Å². The number of sulfonamides is 1. The zero-order valence-electron chi connectivity index (χ0n) is 11.1. The monoisotopic (exact) mass is 341 g/mol. The summed E-state index contributed by atoms with van der Waals surface area (Å²) >= 11 is 0.858. The molecule has 0 unspecified atom stereocenters. The van der Waals surface area contributed by atoms with Gasteiger partial charge >= 0.3 is 5.00 Å². The Morgan fingerprint density at radius 2 is 2.09 bits per heavy atom. The van der Waals surface area contributed by atoms with E-state index in [2.05, 4.69) is 5.32 Å². The van der Waals surface area contributed by atoms with E-state index in [1.54, 1.807) is 6.07 Å². The number of primary sulfonamides is 1. The van der Waals surface area contributed by atoms with Gasteiger partial charge in [-0.3, -0.25) is 14.9 Å². The van der Waals surface area contributed by atoms with Crippen molar-refractivity contribution in [2.24, 2.45) is 5.14 Å². The molecule has 0 saturated carbocycles. The second-order valence-electron chi connectivity index (χ2n) is 4.31. The predicted octanol–water partition coefficient (Wildman–Crippen LogP) is 1.23. The smallest absolute Gasteiger partial charge is 0.324 e. The Balaban J connectivity index is 2.06. The number of nitro groups is 1. The molecule has 0 aliphatic heterocycles. The summed E-state index contributed by atoms with van der Waals surface area (Å²) < 4.78 is 22.5. The molecule has 22 heavy (non-hydrogen) atoms. The molecule has 2 aromatic rings. The first-order valence-electron chi connectivity index (χ1n) is 5.90. The summed E-state index contributed by atoms with van der Waals surface area (Å²) in [6.07, 6.45) is 0. The Morgan fingerprint density at radius 1 is 1.36 bits per heavy atom. The molecule has 0 bridgehead atoms. The van der Waals surface area contributed by atoms with Crippen molar-refractivity contribution in [3.05, 3.63) is 57.0 Å². The Bertz CT molecular complexity index is 829. The van der Waals surface area contributed by atoms with Crippen LogP contribution in [0.2, 0.25) is 0 Å². The topological polar surface area (TPSA) is 132 Å². The van der Waals surface area contributed by atoms with E-state index in [1.165, 1.54) is 29.6 Å². The number of carbonyl (C=O) groups is 1. The first kappa shape index (κ1) is 16.1. The van der Waals surface area contributed by atoms with Gasteiger partial charge in [-0.25, -0.2) is 13.6 Å². The normalized spacial score (nSPS) is 11.1. The summed E-state index contributed by atoms with van der Waals surface area (Å²) in [6.45, 7) is 0.0752. The van der Waals surface area contributed by atoms with Gasteiger partial charge in [0.1, 0.15) is 0 Å². The quantitative estimate of drug-likeness (QED) is 0.623. The molecule has 10 heteroatoms. The molecule has 0 saturated heterocycles. The molecule has 0 fully saturated rings. The molecule has 1 aromatic carbocycles. The lowest BCUT2D eigenvalue weighted by atomic mass is 10.2. The number of rotatable bonds is 5. The number of hydrogen-bond donors (Lipinski definition) is 2. The molecule has 8 nitrogen and oxygen atoms in total. The second kappa shape index (κ2) is 6.22. The van der Waals surface area contributed by atoms with Gasteiger partial charge in [-0.05, 0) is 17.7 Å². The fourth-order valence-electron chi connectivity index (χ4n) is 1.66. The zero-order chi connectivity index (χ0) is 16.3. The van der Waals surface area contributed by atoms with Crippen LogP contribution in [0.25, 0.3) is 0 Å². The minimum Gasteiger partial charge on any atom is -0.348 e. The van der Waals surface area contributed by atoms with Crippen molar-refractivity contribution in [2.45, 2.75) is 11.4 Å². The standard InChI is InChI=1S/C12H11N3O5S2/c13-22(19,20)10-3-1-2-8(4-10)6-14-12(16)9-5-11(15(17)18)21-7-9/h1-5,7H,6H2,(H,14,16)(H2,13,19,20). The van der Waals surface area contributed by atoms with Crippen LogP contribution in [0.4, 0.5) is 5.00 Å². The number of nitrogens with one attached hydrogen (secondary N) is 1. The summed E-state index contributed by atoms with van der Waals surface area (Å²) in [5, 5.41) is 19.4. The van der Waals surface area contributed by atoms with Crippen LogP contribution in [0.3, 0.4) is 0 Å². The number of benzene rings is 1. The van der Waals surface area contributed by atoms with Crippen molar-refractivity contribution >= 4 is 32.3 Å². The predicted molar refractivity (Wildman–Crippen MR) is 80.0 cm³/mol. The fourth-order valence-corrected chi connectivity index (χ4v) is 2.94. The first-order valence-corrected chi connectivity index (χ1v) is 8.33. The van der Waals surface area contributed by atoms with Crippen LogP contribution < -0.4 is 10.5 Å². The lowest BCUT2D eigenvalue weighted by molar-refractivity contribution is -0.380.